The average molecular weight is 358 g/mol. The van der Waals surface area contributed by atoms with Gasteiger partial charge in [0.15, 0.2) is 5.69 Å². The Hall–Kier alpha value is -3.56. The highest BCUT2D eigenvalue weighted by atomic mass is 19.1. The van der Waals surface area contributed by atoms with Crippen molar-refractivity contribution in [3.8, 4) is 0 Å². The molecule has 0 fully saturated rings. The van der Waals surface area contributed by atoms with Gasteiger partial charge in [-0.15, -0.1) is 5.10 Å². The van der Waals surface area contributed by atoms with Crippen LogP contribution in [0.1, 0.15) is 27.4 Å². The predicted molar refractivity (Wildman–Crippen MR) is 90.4 cm³/mol. The lowest BCUT2D eigenvalue weighted by Gasteiger charge is -2.07. The summed E-state index contributed by atoms with van der Waals surface area (Å²) in [5.74, 6) is -1.32. The lowest BCUT2D eigenvalue weighted by Crippen LogP contribution is -2.14. The molecule has 1 aromatic carbocycles. The molecular weight excluding hydrogens is 343 g/mol. The molecule has 0 atom stereocenters. The van der Waals surface area contributed by atoms with Gasteiger partial charge in [-0.05, 0) is 24.8 Å². The van der Waals surface area contributed by atoms with Crippen molar-refractivity contribution in [1.29, 1.82) is 0 Å². The molecule has 10 heteroatoms. The maximum atomic E-state index is 13.8. The van der Waals surface area contributed by atoms with Gasteiger partial charge in [0.05, 0.1) is 29.7 Å². The number of anilines is 1. The number of aryl methyl sites for hydroxylation is 1. The van der Waals surface area contributed by atoms with E-state index in [1.165, 1.54) is 6.07 Å². The van der Waals surface area contributed by atoms with E-state index in [2.05, 4.69) is 20.6 Å². The zero-order chi connectivity index (χ0) is 18.8. The fraction of sp³-hybridized carbons (Fsp3) is 0.188. The minimum Gasteiger partial charge on any atom is -0.358 e. The Morgan fingerprint density at radius 1 is 1.38 bits per heavy atom. The van der Waals surface area contributed by atoms with E-state index in [0.717, 1.165) is 6.07 Å². The molecule has 2 N–H and O–H groups in total. The number of benzene rings is 1. The van der Waals surface area contributed by atoms with E-state index in [-0.39, 0.29) is 23.9 Å². The molecule has 26 heavy (non-hydrogen) atoms. The van der Waals surface area contributed by atoms with Gasteiger partial charge in [0.25, 0.3) is 5.91 Å². The predicted octanol–water partition coefficient (Wildman–Crippen LogP) is 2.57. The topological polar surface area (TPSA) is 119 Å². The number of hydrogen-bond acceptors (Lipinski definition) is 5. The number of halogens is 1. The van der Waals surface area contributed by atoms with Gasteiger partial charge < -0.3 is 15.4 Å². The van der Waals surface area contributed by atoms with Crippen LogP contribution in [0.25, 0.3) is 0 Å². The molecule has 2 aromatic heterocycles. The van der Waals surface area contributed by atoms with Crippen LogP contribution in [0.2, 0.25) is 0 Å². The van der Waals surface area contributed by atoms with E-state index in [9.17, 15) is 19.3 Å². The number of hydrogen-bond donors (Lipinski definition) is 2. The third-order valence-electron chi connectivity index (χ3n) is 3.89. The lowest BCUT2D eigenvalue weighted by atomic mass is 10.2. The highest BCUT2D eigenvalue weighted by Gasteiger charge is 2.20. The lowest BCUT2D eigenvalue weighted by molar-refractivity contribution is -0.389. The van der Waals surface area contributed by atoms with Crippen molar-refractivity contribution >= 4 is 17.4 Å². The van der Waals surface area contributed by atoms with Crippen LogP contribution in [0.3, 0.4) is 0 Å². The molecular formula is C16H15FN6O3. The van der Waals surface area contributed by atoms with E-state index in [1.807, 2.05) is 0 Å². The number of H-pyrrole nitrogens is 1. The van der Waals surface area contributed by atoms with Crippen LogP contribution in [0.4, 0.5) is 15.9 Å². The molecule has 0 saturated carbocycles. The van der Waals surface area contributed by atoms with Gasteiger partial charge in [0.1, 0.15) is 5.82 Å². The van der Waals surface area contributed by atoms with Gasteiger partial charge >= 0.3 is 5.82 Å². The van der Waals surface area contributed by atoms with Crippen molar-refractivity contribution in [3.05, 3.63) is 68.9 Å². The van der Waals surface area contributed by atoms with Gasteiger partial charge in [-0.3, -0.25) is 9.48 Å². The Morgan fingerprint density at radius 3 is 2.77 bits per heavy atom. The Balaban J connectivity index is 1.82. The summed E-state index contributed by atoms with van der Waals surface area (Å²) in [5.41, 5.74) is 1.98. The van der Waals surface area contributed by atoms with Crippen LogP contribution in [-0.4, -0.2) is 30.8 Å². The molecule has 0 bridgehead atoms. The highest BCUT2D eigenvalue weighted by molar-refractivity contribution is 6.03. The molecule has 0 saturated heterocycles. The van der Waals surface area contributed by atoms with E-state index >= 15 is 0 Å². The maximum absolute atomic E-state index is 13.8. The maximum Gasteiger partial charge on any atom is 0.343 e. The fourth-order valence-electron chi connectivity index (χ4n) is 2.52. The standard InChI is InChI=1S/C16H15FN6O3/c1-9-15(18-16(24)13-7-14(20-19-13)23(25)26)10(2)22(21-9)8-11-5-3-4-6-12(11)17/h3-7H,8H2,1-2H3,(H,18,24)(H,19,20). The Kier molecular flexibility index (Phi) is 4.48. The molecule has 134 valence electrons. The number of nitrogens with zero attached hydrogens (tertiary/aromatic N) is 4. The summed E-state index contributed by atoms with van der Waals surface area (Å²) in [7, 11) is 0. The molecule has 9 nitrogen and oxygen atoms in total. The number of aromatic nitrogens is 4. The molecule has 3 aromatic rings. The van der Waals surface area contributed by atoms with Crippen LogP contribution in [0.5, 0.6) is 0 Å². The molecule has 1 amide bonds. The summed E-state index contributed by atoms with van der Waals surface area (Å²) >= 11 is 0. The third kappa shape index (κ3) is 3.29. The summed E-state index contributed by atoms with van der Waals surface area (Å²) in [6.45, 7) is 3.65. The Morgan fingerprint density at radius 2 is 2.12 bits per heavy atom. The number of carbonyl (C=O) groups is 1. The second-order valence-corrected chi connectivity index (χ2v) is 5.64. The van der Waals surface area contributed by atoms with Crippen molar-refractivity contribution in [2.45, 2.75) is 20.4 Å². The number of aromatic amines is 1. The minimum absolute atomic E-state index is 0.114. The molecule has 0 aliphatic carbocycles. The second kappa shape index (κ2) is 6.75. The monoisotopic (exact) mass is 358 g/mol. The van der Waals surface area contributed by atoms with Gasteiger partial charge in [0.2, 0.25) is 0 Å². The van der Waals surface area contributed by atoms with Crippen LogP contribution in [-0.2, 0) is 6.54 Å². The number of carbonyl (C=O) groups excluding carboxylic acids is 1. The summed E-state index contributed by atoms with van der Waals surface area (Å²) in [6.07, 6.45) is 0. The molecule has 0 aliphatic heterocycles. The molecule has 0 spiro atoms. The third-order valence-corrected chi connectivity index (χ3v) is 3.89. The highest BCUT2D eigenvalue weighted by Crippen LogP contribution is 2.22. The summed E-state index contributed by atoms with van der Waals surface area (Å²) < 4.78 is 15.4. The average Bonchev–Trinajstić information content (AvgIpc) is 3.18. The van der Waals surface area contributed by atoms with E-state index in [4.69, 9.17) is 0 Å². The fourth-order valence-corrected chi connectivity index (χ4v) is 2.52. The Labute approximate surface area is 147 Å². The summed E-state index contributed by atoms with van der Waals surface area (Å²) in [6, 6.07) is 7.41. The summed E-state index contributed by atoms with van der Waals surface area (Å²) in [4.78, 5) is 22.3. The smallest absolute Gasteiger partial charge is 0.343 e. The first kappa shape index (κ1) is 17.3. The molecule has 0 unspecified atom stereocenters. The van der Waals surface area contributed by atoms with Gasteiger partial charge in [-0.25, -0.2) is 4.39 Å². The van der Waals surface area contributed by atoms with Gasteiger partial charge in [-0.1, -0.05) is 23.3 Å². The Bertz CT molecular complexity index is 994. The van der Waals surface area contributed by atoms with Crippen molar-refractivity contribution in [1.82, 2.24) is 20.0 Å². The molecule has 0 radical (unpaired) electrons. The van der Waals surface area contributed by atoms with Crippen LogP contribution in [0.15, 0.2) is 30.3 Å². The molecule has 2 heterocycles. The second-order valence-electron chi connectivity index (χ2n) is 5.64. The van der Waals surface area contributed by atoms with Crippen molar-refractivity contribution < 1.29 is 14.1 Å². The summed E-state index contributed by atoms with van der Waals surface area (Å²) in [5, 5.41) is 23.4. The quantitative estimate of drug-likeness (QED) is 0.537. The van der Waals surface area contributed by atoms with Crippen LogP contribution >= 0.6 is 0 Å². The van der Waals surface area contributed by atoms with Crippen molar-refractivity contribution in [2.75, 3.05) is 5.32 Å². The van der Waals surface area contributed by atoms with Crippen LogP contribution < -0.4 is 5.32 Å². The number of rotatable bonds is 5. The van der Waals surface area contributed by atoms with E-state index in [1.54, 1.807) is 36.7 Å². The number of amides is 1. The van der Waals surface area contributed by atoms with Gasteiger partial charge in [-0.2, -0.15) is 5.10 Å². The zero-order valence-electron chi connectivity index (χ0n) is 14.0. The zero-order valence-corrected chi connectivity index (χ0v) is 14.0. The first-order chi connectivity index (χ1) is 12.4. The largest absolute Gasteiger partial charge is 0.358 e. The first-order valence-corrected chi connectivity index (χ1v) is 7.65. The number of nitro groups is 1. The van der Waals surface area contributed by atoms with Crippen molar-refractivity contribution in [2.24, 2.45) is 0 Å². The van der Waals surface area contributed by atoms with E-state index in [0.29, 0.717) is 22.6 Å². The number of nitrogens with one attached hydrogen (secondary N) is 2. The SMILES string of the molecule is Cc1nn(Cc2ccccc2F)c(C)c1NC(=O)c1cc([N+](=O)[O-])[nH]n1. The molecule has 3 rings (SSSR count). The van der Waals surface area contributed by atoms with Crippen LogP contribution in [0, 0.1) is 29.8 Å². The van der Waals surface area contributed by atoms with Gasteiger partial charge in [0, 0.05) is 5.56 Å². The molecule has 0 aliphatic rings. The minimum atomic E-state index is -0.674. The van der Waals surface area contributed by atoms with E-state index < -0.39 is 10.8 Å². The normalized spacial score (nSPS) is 10.7. The van der Waals surface area contributed by atoms with Crippen molar-refractivity contribution in [3.63, 3.8) is 0 Å². The first-order valence-electron chi connectivity index (χ1n) is 7.65.